The van der Waals surface area contributed by atoms with Gasteiger partial charge in [-0.2, -0.15) is 0 Å². The first kappa shape index (κ1) is 21.0. The molecule has 148 valence electrons. The van der Waals surface area contributed by atoms with Gasteiger partial charge in [0.1, 0.15) is 25.4 Å². The van der Waals surface area contributed by atoms with Crippen LogP contribution in [0.4, 0.5) is 8.78 Å². The molecule has 0 fully saturated rings. The number of benzene rings is 2. The molecule has 0 saturated heterocycles. The van der Waals surface area contributed by atoms with E-state index in [1.807, 2.05) is 13.0 Å². The summed E-state index contributed by atoms with van der Waals surface area (Å²) in [5.41, 5.74) is 2.49. The highest BCUT2D eigenvalue weighted by atomic mass is 19.1. The van der Waals surface area contributed by atoms with Gasteiger partial charge in [0, 0.05) is 22.8 Å². The molecule has 0 atom stereocenters. The molecule has 2 aromatic carbocycles. The molecule has 0 aromatic heterocycles. The summed E-state index contributed by atoms with van der Waals surface area (Å²) in [6, 6.07) is 8.37. The lowest BCUT2D eigenvalue weighted by Gasteiger charge is -2.12. The lowest BCUT2D eigenvalue weighted by atomic mass is 9.99. The molecule has 6 nitrogen and oxygen atoms in total. The molecule has 0 saturated carbocycles. The number of ether oxygens (including phenoxy) is 1. The normalized spacial score (nSPS) is 11.9. The van der Waals surface area contributed by atoms with Crippen LogP contribution >= 0.6 is 0 Å². The second-order valence-corrected chi connectivity index (χ2v) is 5.82. The highest BCUT2D eigenvalue weighted by Gasteiger charge is 2.20. The third-order valence-electron chi connectivity index (χ3n) is 3.92. The largest absolute Gasteiger partial charge is 0.464 e. The fourth-order valence-corrected chi connectivity index (χ4v) is 2.51. The number of aryl methyl sites for hydroxylation is 1. The quantitative estimate of drug-likeness (QED) is 0.410. The monoisotopic (exact) mass is 390 g/mol. The molecule has 0 amide bonds. The second-order valence-electron chi connectivity index (χ2n) is 5.82. The molecule has 0 spiro atoms. The molecule has 0 aliphatic heterocycles. The molecule has 28 heavy (non-hydrogen) atoms. The Bertz CT molecular complexity index is 906. The number of halogens is 2. The minimum absolute atomic E-state index is 0.00310. The zero-order valence-corrected chi connectivity index (χ0v) is 16.0. The van der Waals surface area contributed by atoms with Crippen LogP contribution in [0.3, 0.4) is 0 Å². The van der Waals surface area contributed by atoms with Gasteiger partial charge in [-0.05, 0) is 31.5 Å². The van der Waals surface area contributed by atoms with E-state index in [1.54, 1.807) is 19.1 Å². The molecule has 8 heteroatoms. The Hall–Kier alpha value is -3.29. The average molecular weight is 390 g/mol. The van der Waals surface area contributed by atoms with Crippen molar-refractivity contribution in [1.29, 1.82) is 0 Å². The van der Waals surface area contributed by atoms with Gasteiger partial charge in [-0.15, -0.1) is 0 Å². The van der Waals surface area contributed by atoms with Gasteiger partial charge in [-0.1, -0.05) is 28.5 Å². The first-order chi connectivity index (χ1) is 13.4. The van der Waals surface area contributed by atoms with E-state index >= 15 is 0 Å². The summed E-state index contributed by atoms with van der Waals surface area (Å²) in [5, 5.41) is 7.66. The fraction of sp³-hybridized carbons (Fsp3) is 0.250. The minimum Gasteiger partial charge on any atom is -0.464 e. The highest BCUT2D eigenvalue weighted by Crippen LogP contribution is 2.18. The van der Waals surface area contributed by atoms with Gasteiger partial charge in [-0.3, -0.25) is 0 Å². The van der Waals surface area contributed by atoms with Gasteiger partial charge in [0.05, 0.1) is 12.8 Å². The average Bonchev–Trinajstić information content (AvgIpc) is 2.66. The van der Waals surface area contributed by atoms with E-state index in [0.717, 1.165) is 23.8 Å². The maximum Gasteiger partial charge on any atom is 0.360 e. The Labute approximate surface area is 161 Å². The Morgan fingerprint density at radius 2 is 1.75 bits per heavy atom. The molecule has 0 bridgehead atoms. The Morgan fingerprint density at radius 1 is 1.07 bits per heavy atom. The molecule has 2 rings (SSSR count). The van der Waals surface area contributed by atoms with E-state index in [2.05, 4.69) is 10.3 Å². The topological polar surface area (TPSA) is 69.5 Å². The third kappa shape index (κ3) is 5.12. The van der Waals surface area contributed by atoms with Crippen molar-refractivity contribution in [2.24, 2.45) is 10.3 Å². The summed E-state index contributed by atoms with van der Waals surface area (Å²) in [4.78, 5) is 22.1. The number of hydrogen-bond donors (Lipinski definition) is 0. The standard InChI is InChI=1S/C20H20F2N2O4/c1-12-6-5-7-17(19(24-27-4)20(25)26-3)18(12)11-28-23-13(2)14-8-15(21)10-16(22)9-14/h5-10H,11H2,1-4H3/b23-13+,24-19+. The van der Waals surface area contributed by atoms with E-state index in [1.165, 1.54) is 14.2 Å². The summed E-state index contributed by atoms with van der Waals surface area (Å²) in [6.07, 6.45) is 0. The zero-order valence-electron chi connectivity index (χ0n) is 16.0. The van der Waals surface area contributed by atoms with Gasteiger partial charge in [0.25, 0.3) is 0 Å². The van der Waals surface area contributed by atoms with Crippen LogP contribution in [0.1, 0.15) is 29.2 Å². The fourth-order valence-electron chi connectivity index (χ4n) is 2.51. The number of methoxy groups -OCH3 is 1. The number of hydrogen-bond acceptors (Lipinski definition) is 6. The second kappa shape index (κ2) is 9.59. The molecule has 0 unspecified atom stereocenters. The van der Waals surface area contributed by atoms with Crippen molar-refractivity contribution in [1.82, 2.24) is 0 Å². The van der Waals surface area contributed by atoms with Crippen molar-refractivity contribution in [3.05, 3.63) is 70.3 Å². The zero-order chi connectivity index (χ0) is 20.7. The third-order valence-corrected chi connectivity index (χ3v) is 3.92. The van der Waals surface area contributed by atoms with Crippen LogP contribution in [0, 0.1) is 18.6 Å². The van der Waals surface area contributed by atoms with Crippen molar-refractivity contribution < 1.29 is 28.0 Å². The van der Waals surface area contributed by atoms with E-state index < -0.39 is 17.6 Å². The Morgan fingerprint density at radius 3 is 2.36 bits per heavy atom. The molecular weight excluding hydrogens is 370 g/mol. The lowest BCUT2D eigenvalue weighted by Crippen LogP contribution is -2.20. The number of nitrogens with zero attached hydrogens (tertiary/aromatic N) is 2. The molecule has 0 heterocycles. The molecular formula is C20H20F2N2O4. The number of esters is 1. The predicted octanol–water partition coefficient (Wildman–Crippen LogP) is 3.74. The van der Waals surface area contributed by atoms with Gasteiger partial charge >= 0.3 is 5.97 Å². The summed E-state index contributed by atoms with van der Waals surface area (Å²) < 4.78 is 31.4. The van der Waals surface area contributed by atoms with Crippen LogP contribution in [0.2, 0.25) is 0 Å². The van der Waals surface area contributed by atoms with Crippen molar-refractivity contribution in [3.8, 4) is 0 Å². The maximum atomic E-state index is 13.3. The van der Waals surface area contributed by atoms with Gasteiger partial charge in [0.15, 0.2) is 5.71 Å². The van der Waals surface area contributed by atoms with Crippen LogP contribution in [-0.2, 0) is 25.8 Å². The summed E-state index contributed by atoms with van der Waals surface area (Å²) in [5.74, 6) is -2.07. The van der Waals surface area contributed by atoms with Crippen molar-refractivity contribution in [2.45, 2.75) is 20.5 Å². The minimum atomic E-state index is -0.704. The molecule has 2 aromatic rings. The van der Waals surface area contributed by atoms with Crippen LogP contribution < -0.4 is 0 Å². The van der Waals surface area contributed by atoms with E-state index in [0.29, 0.717) is 16.8 Å². The van der Waals surface area contributed by atoms with E-state index in [4.69, 9.17) is 14.4 Å². The van der Waals surface area contributed by atoms with Crippen LogP contribution in [0.25, 0.3) is 0 Å². The smallest absolute Gasteiger partial charge is 0.360 e. The Balaban J connectivity index is 2.29. The van der Waals surface area contributed by atoms with Gasteiger partial charge < -0.3 is 14.4 Å². The summed E-state index contributed by atoms with van der Waals surface area (Å²) in [7, 11) is 2.56. The van der Waals surface area contributed by atoms with Crippen LogP contribution in [-0.4, -0.2) is 31.6 Å². The SMILES string of the molecule is CO/N=C(/C(=O)OC)c1cccc(C)c1CO/N=C(\C)c1cc(F)cc(F)c1. The van der Waals surface area contributed by atoms with Crippen molar-refractivity contribution in [3.63, 3.8) is 0 Å². The first-order valence-electron chi connectivity index (χ1n) is 8.28. The molecule has 0 aliphatic rings. The van der Waals surface area contributed by atoms with Gasteiger partial charge in [0.2, 0.25) is 0 Å². The number of carbonyl (C=O) groups is 1. The first-order valence-corrected chi connectivity index (χ1v) is 8.28. The maximum absolute atomic E-state index is 13.3. The molecule has 0 aliphatic carbocycles. The van der Waals surface area contributed by atoms with E-state index in [-0.39, 0.29) is 17.9 Å². The van der Waals surface area contributed by atoms with E-state index in [9.17, 15) is 13.6 Å². The number of oxime groups is 2. The molecule has 0 radical (unpaired) electrons. The van der Waals surface area contributed by atoms with Gasteiger partial charge in [-0.25, -0.2) is 13.6 Å². The summed E-state index contributed by atoms with van der Waals surface area (Å²) in [6.45, 7) is 3.40. The predicted molar refractivity (Wildman–Crippen MR) is 100 cm³/mol. The van der Waals surface area contributed by atoms with Crippen molar-refractivity contribution >= 4 is 17.4 Å². The van der Waals surface area contributed by atoms with Crippen LogP contribution in [0.15, 0.2) is 46.7 Å². The lowest BCUT2D eigenvalue weighted by molar-refractivity contribution is -0.132. The number of rotatable bonds is 7. The number of carbonyl (C=O) groups excluding carboxylic acids is 1. The van der Waals surface area contributed by atoms with Crippen molar-refractivity contribution in [2.75, 3.05) is 14.2 Å². The molecule has 0 N–H and O–H groups in total. The van der Waals surface area contributed by atoms with Crippen LogP contribution in [0.5, 0.6) is 0 Å². The highest BCUT2D eigenvalue weighted by molar-refractivity contribution is 6.43. The Kier molecular flexibility index (Phi) is 7.20. The summed E-state index contributed by atoms with van der Waals surface area (Å²) >= 11 is 0.